The minimum Gasteiger partial charge on any atom is -0.309 e. The molecule has 0 aromatic carbocycles. The Morgan fingerprint density at radius 3 is 3.00 bits per heavy atom. The summed E-state index contributed by atoms with van der Waals surface area (Å²) in [6.45, 7) is 2.18. The first-order chi connectivity index (χ1) is 8.97. The number of thioether (sulfide) groups is 1. The summed E-state index contributed by atoms with van der Waals surface area (Å²) in [6, 6.07) is 1.87. The molecular weight excluding hydrogens is 396 g/mol. The predicted molar refractivity (Wildman–Crippen MR) is 83.2 cm³/mol. The Bertz CT molecular complexity index is 524. The maximum atomic E-state index is 12.1. The van der Waals surface area contributed by atoms with Crippen LogP contribution in [0.1, 0.15) is 13.3 Å². The lowest BCUT2D eigenvalue weighted by Crippen LogP contribution is -2.25. The van der Waals surface area contributed by atoms with E-state index < -0.39 is 0 Å². The van der Waals surface area contributed by atoms with Gasteiger partial charge in [0.25, 0.3) is 0 Å². The molecule has 102 valence electrons. The fraction of sp³-hybridized carbons (Fsp3) is 0.417. The van der Waals surface area contributed by atoms with Crippen LogP contribution in [-0.4, -0.2) is 28.3 Å². The van der Waals surface area contributed by atoms with Crippen LogP contribution in [0.4, 0.5) is 5.69 Å². The summed E-state index contributed by atoms with van der Waals surface area (Å²) in [6.07, 6.45) is 2.16. The third-order valence-electron chi connectivity index (χ3n) is 2.81. The summed E-state index contributed by atoms with van der Waals surface area (Å²) in [5.41, 5.74) is 0.773. The molecule has 1 unspecified atom stereocenters. The van der Waals surface area contributed by atoms with Crippen LogP contribution in [0.3, 0.4) is 0 Å². The van der Waals surface area contributed by atoms with Crippen LogP contribution in [0.2, 0.25) is 0 Å². The van der Waals surface area contributed by atoms with Crippen molar-refractivity contribution in [3.05, 3.63) is 21.3 Å². The number of carbonyl (C=O) groups excluding carboxylic acids is 2. The second-order valence-corrected chi connectivity index (χ2v) is 7.20. The molecule has 0 aliphatic carbocycles. The Kier molecular flexibility index (Phi) is 5.03. The van der Waals surface area contributed by atoms with E-state index in [2.05, 4.69) is 36.8 Å². The van der Waals surface area contributed by atoms with Gasteiger partial charge in [-0.15, -0.1) is 0 Å². The predicted octanol–water partition coefficient (Wildman–Crippen LogP) is 3.24. The van der Waals surface area contributed by atoms with Crippen molar-refractivity contribution in [2.24, 2.45) is 5.92 Å². The van der Waals surface area contributed by atoms with E-state index in [-0.39, 0.29) is 16.9 Å². The minimum absolute atomic E-state index is 0.0785. The highest BCUT2D eigenvalue weighted by Crippen LogP contribution is 2.33. The van der Waals surface area contributed by atoms with E-state index in [0.717, 1.165) is 10.2 Å². The molecule has 0 saturated carbocycles. The molecule has 7 heteroatoms. The molecule has 2 rings (SSSR count). The Hall–Kier alpha value is -0.400. The highest BCUT2D eigenvalue weighted by molar-refractivity contribution is 9.11. The molecule has 19 heavy (non-hydrogen) atoms. The third kappa shape index (κ3) is 3.79. The summed E-state index contributed by atoms with van der Waals surface area (Å²) in [7, 11) is 0. The molecule has 0 spiro atoms. The number of nitrogens with zero attached hydrogens (tertiary/aromatic N) is 2. The monoisotopic (exact) mass is 406 g/mol. The van der Waals surface area contributed by atoms with Gasteiger partial charge in [-0.25, -0.2) is 4.98 Å². The molecule has 0 bridgehead atoms. The van der Waals surface area contributed by atoms with Crippen molar-refractivity contribution >= 4 is 60.3 Å². The zero-order valence-corrected chi connectivity index (χ0v) is 14.2. The SMILES string of the molecule is CC(=O)SCC1CC(=O)N(c2cc(Br)cnc2Br)C1. The van der Waals surface area contributed by atoms with Crippen molar-refractivity contribution in [2.45, 2.75) is 13.3 Å². The summed E-state index contributed by atoms with van der Waals surface area (Å²) in [5, 5.41) is 0.0937. The average Bonchev–Trinajstić information content (AvgIpc) is 2.71. The molecule has 0 N–H and O–H groups in total. The van der Waals surface area contributed by atoms with Crippen LogP contribution >= 0.6 is 43.6 Å². The van der Waals surface area contributed by atoms with Crippen molar-refractivity contribution in [2.75, 3.05) is 17.2 Å². The van der Waals surface area contributed by atoms with Crippen LogP contribution in [0.5, 0.6) is 0 Å². The molecule has 1 aromatic rings. The summed E-state index contributed by atoms with van der Waals surface area (Å²) in [4.78, 5) is 28.9. The molecule has 1 saturated heterocycles. The van der Waals surface area contributed by atoms with Crippen LogP contribution in [0.15, 0.2) is 21.3 Å². The molecule has 4 nitrogen and oxygen atoms in total. The zero-order valence-electron chi connectivity index (χ0n) is 10.2. The first-order valence-corrected chi connectivity index (χ1v) is 8.29. The van der Waals surface area contributed by atoms with Crippen molar-refractivity contribution in [1.82, 2.24) is 4.98 Å². The van der Waals surface area contributed by atoms with E-state index >= 15 is 0 Å². The maximum Gasteiger partial charge on any atom is 0.227 e. The number of aromatic nitrogens is 1. The van der Waals surface area contributed by atoms with E-state index in [1.807, 2.05) is 6.07 Å². The van der Waals surface area contributed by atoms with Gasteiger partial charge in [-0.3, -0.25) is 9.59 Å². The van der Waals surface area contributed by atoms with E-state index in [0.29, 0.717) is 23.3 Å². The lowest BCUT2D eigenvalue weighted by molar-refractivity contribution is -0.117. The second-order valence-electron chi connectivity index (χ2n) is 4.34. The summed E-state index contributed by atoms with van der Waals surface area (Å²) >= 11 is 8.00. The molecule has 2 heterocycles. The van der Waals surface area contributed by atoms with Crippen molar-refractivity contribution in [3.63, 3.8) is 0 Å². The van der Waals surface area contributed by atoms with E-state index in [1.54, 1.807) is 18.0 Å². The lowest BCUT2D eigenvalue weighted by Gasteiger charge is -2.18. The fourth-order valence-corrected chi connectivity index (χ4v) is 3.41. The number of halogens is 2. The molecule has 1 amide bonds. The second kappa shape index (κ2) is 6.37. The molecule has 1 fully saturated rings. The number of hydrogen-bond acceptors (Lipinski definition) is 4. The number of rotatable bonds is 3. The van der Waals surface area contributed by atoms with Gasteiger partial charge < -0.3 is 4.90 Å². The topological polar surface area (TPSA) is 50.3 Å². The molecule has 1 aromatic heterocycles. The van der Waals surface area contributed by atoms with Gasteiger partial charge in [0.1, 0.15) is 4.60 Å². The number of hydrogen-bond donors (Lipinski definition) is 0. The highest BCUT2D eigenvalue weighted by atomic mass is 79.9. The van der Waals surface area contributed by atoms with E-state index in [1.165, 1.54) is 11.8 Å². The molecule has 0 radical (unpaired) electrons. The fourth-order valence-electron chi connectivity index (χ4n) is 1.96. The standard InChI is InChI=1S/C12H12Br2N2O2S/c1-7(17)19-6-8-2-11(18)16(5-8)10-3-9(13)4-15-12(10)14/h3-4,8H,2,5-6H2,1H3. The Morgan fingerprint density at radius 1 is 1.58 bits per heavy atom. The van der Waals surface area contributed by atoms with Crippen LogP contribution in [0, 0.1) is 5.92 Å². The van der Waals surface area contributed by atoms with Gasteiger partial charge >= 0.3 is 0 Å². The smallest absolute Gasteiger partial charge is 0.227 e. The number of pyridine rings is 1. The van der Waals surface area contributed by atoms with Crippen LogP contribution in [-0.2, 0) is 9.59 Å². The summed E-state index contributed by atoms with van der Waals surface area (Å²) < 4.78 is 1.49. The van der Waals surface area contributed by atoms with Crippen LogP contribution in [0.25, 0.3) is 0 Å². The van der Waals surface area contributed by atoms with Gasteiger partial charge in [-0.1, -0.05) is 11.8 Å². The molecule has 1 atom stereocenters. The Labute approximate surface area is 132 Å². The van der Waals surface area contributed by atoms with Crippen molar-refractivity contribution in [3.8, 4) is 0 Å². The Balaban J connectivity index is 2.11. The average molecular weight is 408 g/mol. The van der Waals surface area contributed by atoms with Crippen molar-refractivity contribution in [1.29, 1.82) is 0 Å². The minimum atomic E-state index is 0.0785. The number of carbonyl (C=O) groups is 2. The quantitative estimate of drug-likeness (QED) is 0.721. The largest absolute Gasteiger partial charge is 0.309 e. The van der Waals surface area contributed by atoms with Gasteiger partial charge in [-0.2, -0.15) is 0 Å². The van der Waals surface area contributed by atoms with Gasteiger partial charge in [0.05, 0.1) is 5.69 Å². The maximum absolute atomic E-state index is 12.1. The number of anilines is 1. The lowest BCUT2D eigenvalue weighted by atomic mass is 10.1. The molecule has 1 aliphatic rings. The first-order valence-electron chi connectivity index (χ1n) is 5.72. The van der Waals surface area contributed by atoms with Gasteiger partial charge in [-0.05, 0) is 43.8 Å². The number of amides is 1. The first kappa shape index (κ1) is 15.0. The third-order valence-corrected chi connectivity index (χ3v) is 4.89. The normalized spacial score (nSPS) is 19.0. The van der Waals surface area contributed by atoms with E-state index in [9.17, 15) is 9.59 Å². The Morgan fingerprint density at radius 2 is 2.32 bits per heavy atom. The van der Waals surface area contributed by atoms with Gasteiger partial charge in [0.2, 0.25) is 5.91 Å². The van der Waals surface area contributed by atoms with Gasteiger partial charge in [0.15, 0.2) is 5.12 Å². The zero-order chi connectivity index (χ0) is 14.0. The summed E-state index contributed by atoms with van der Waals surface area (Å²) in [5.74, 6) is 0.985. The highest BCUT2D eigenvalue weighted by Gasteiger charge is 2.32. The van der Waals surface area contributed by atoms with Gasteiger partial charge in [0, 0.05) is 36.3 Å². The van der Waals surface area contributed by atoms with E-state index in [4.69, 9.17) is 0 Å². The van der Waals surface area contributed by atoms with Crippen LogP contribution < -0.4 is 4.90 Å². The molecule has 1 aliphatic heterocycles. The molecular formula is C12H12Br2N2O2S. The van der Waals surface area contributed by atoms with Crippen molar-refractivity contribution < 1.29 is 9.59 Å².